The largest absolute Gasteiger partial charge is 0.394 e. The van der Waals surface area contributed by atoms with Gasteiger partial charge in [-0.05, 0) is 13.3 Å². The first-order valence-electron chi connectivity index (χ1n) is 5.58. The Bertz CT molecular complexity index is 341. The Labute approximate surface area is 105 Å². The van der Waals surface area contributed by atoms with Gasteiger partial charge in [-0.15, -0.1) is 11.3 Å². The molecule has 0 aliphatic heterocycles. The molecule has 2 N–H and O–H groups in total. The van der Waals surface area contributed by atoms with Gasteiger partial charge < -0.3 is 15.2 Å². The molecule has 1 rings (SSSR count). The molecular formula is C11H18N2O3S. The fraction of sp³-hybridized carbons (Fsp3) is 0.636. The molecule has 0 radical (unpaired) electrons. The number of aliphatic hydroxyl groups is 1. The lowest BCUT2D eigenvalue weighted by atomic mass is 10.3. The number of nitrogens with zero attached hydrogens (tertiary/aromatic N) is 1. The van der Waals surface area contributed by atoms with Gasteiger partial charge in [0, 0.05) is 18.5 Å². The monoisotopic (exact) mass is 258 g/mol. The first kappa shape index (κ1) is 14.1. The summed E-state index contributed by atoms with van der Waals surface area (Å²) in [5.41, 5.74) is 0.821. The molecule has 1 heterocycles. The van der Waals surface area contributed by atoms with Crippen molar-refractivity contribution < 1.29 is 14.6 Å². The minimum atomic E-state index is -0.0162. The molecule has 0 spiro atoms. The quantitative estimate of drug-likeness (QED) is 0.666. The number of rotatable bonds is 8. The molecule has 5 nitrogen and oxygen atoms in total. The van der Waals surface area contributed by atoms with Gasteiger partial charge in [0.15, 0.2) is 0 Å². The maximum atomic E-state index is 11.5. The molecule has 0 unspecified atom stereocenters. The number of hydrogen-bond donors (Lipinski definition) is 2. The Balaban J connectivity index is 2.05. The number of aryl methyl sites for hydroxylation is 1. The number of carbonyl (C=O) groups excluding carboxylic acids is 1. The normalized spacial score (nSPS) is 10.5. The Hall–Kier alpha value is -0.980. The van der Waals surface area contributed by atoms with E-state index in [-0.39, 0.29) is 12.5 Å². The van der Waals surface area contributed by atoms with E-state index in [4.69, 9.17) is 9.84 Å². The fourth-order valence-electron chi connectivity index (χ4n) is 1.29. The van der Waals surface area contributed by atoms with E-state index < -0.39 is 0 Å². The van der Waals surface area contributed by atoms with E-state index in [0.717, 1.165) is 17.1 Å². The second kappa shape index (κ2) is 8.16. The van der Waals surface area contributed by atoms with Crippen molar-refractivity contribution in [1.82, 2.24) is 10.3 Å². The predicted octanol–water partition coefficient (Wildman–Crippen LogP) is 0.509. The second-order valence-corrected chi connectivity index (χ2v) is 4.64. The second-order valence-electron chi connectivity index (χ2n) is 3.57. The summed E-state index contributed by atoms with van der Waals surface area (Å²) in [5.74, 6) is -0.0162. The van der Waals surface area contributed by atoms with Gasteiger partial charge in [-0.3, -0.25) is 4.79 Å². The van der Waals surface area contributed by atoms with Gasteiger partial charge in [0.2, 0.25) is 5.91 Å². The minimum absolute atomic E-state index is 0.0162. The molecule has 0 saturated heterocycles. The summed E-state index contributed by atoms with van der Waals surface area (Å²) >= 11 is 1.55. The number of amides is 1. The average Bonchev–Trinajstić information content (AvgIpc) is 2.69. The molecule has 0 saturated carbocycles. The van der Waals surface area contributed by atoms with Gasteiger partial charge in [0.1, 0.15) is 0 Å². The zero-order chi connectivity index (χ0) is 12.5. The van der Waals surface area contributed by atoms with Crippen LogP contribution >= 0.6 is 11.3 Å². The summed E-state index contributed by atoms with van der Waals surface area (Å²) in [7, 11) is 0. The van der Waals surface area contributed by atoms with E-state index in [1.54, 1.807) is 11.3 Å². The number of aromatic nitrogens is 1. The Morgan fingerprint density at radius 2 is 2.41 bits per heavy atom. The third kappa shape index (κ3) is 6.35. The molecule has 17 heavy (non-hydrogen) atoms. The number of hydrogen-bond acceptors (Lipinski definition) is 5. The summed E-state index contributed by atoms with van der Waals surface area (Å²) in [6.45, 7) is 3.45. The molecule has 0 aromatic carbocycles. The van der Waals surface area contributed by atoms with E-state index >= 15 is 0 Å². The van der Waals surface area contributed by atoms with Crippen molar-refractivity contribution in [2.24, 2.45) is 0 Å². The summed E-state index contributed by atoms with van der Waals surface area (Å²) in [6.07, 6.45) is 1.09. The van der Waals surface area contributed by atoms with Crippen LogP contribution in [0.15, 0.2) is 5.38 Å². The lowest BCUT2D eigenvalue weighted by molar-refractivity contribution is -0.120. The van der Waals surface area contributed by atoms with Crippen molar-refractivity contribution in [2.45, 2.75) is 19.8 Å². The van der Waals surface area contributed by atoms with Gasteiger partial charge in [0.25, 0.3) is 0 Å². The third-order valence-corrected chi connectivity index (χ3v) is 2.85. The Morgan fingerprint density at radius 1 is 1.59 bits per heavy atom. The smallest absolute Gasteiger partial charge is 0.226 e. The summed E-state index contributed by atoms with van der Waals surface area (Å²) in [5, 5.41) is 14.2. The van der Waals surface area contributed by atoms with Gasteiger partial charge in [0.05, 0.1) is 30.3 Å². The van der Waals surface area contributed by atoms with Crippen molar-refractivity contribution in [3.63, 3.8) is 0 Å². The van der Waals surface area contributed by atoms with Crippen molar-refractivity contribution in [3.8, 4) is 0 Å². The maximum Gasteiger partial charge on any atom is 0.226 e. The van der Waals surface area contributed by atoms with Crippen LogP contribution < -0.4 is 5.32 Å². The van der Waals surface area contributed by atoms with Crippen LogP contribution in [0, 0.1) is 6.92 Å². The van der Waals surface area contributed by atoms with E-state index in [9.17, 15) is 4.79 Å². The molecule has 0 aliphatic rings. The van der Waals surface area contributed by atoms with Gasteiger partial charge in [-0.25, -0.2) is 4.98 Å². The maximum absolute atomic E-state index is 11.5. The van der Waals surface area contributed by atoms with Crippen LogP contribution in [-0.2, 0) is 16.0 Å². The number of thiazole rings is 1. The van der Waals surface area contributed by atoms with Crippen LogP contribution in [0.25, 0.3) is 0 Å². The number of aliphatic hydroxyl groups excluding tert-OH is 1. The van der Waals surface area contributed by atoms with Crippen molar-refractivity contribution in [1.29, 1.82) is 0 Å². The molecule has 96 valence electrons. The van der Waals surface area contributed by atoms with Crippen LogP contribution in [0.3, 0.4) is 0 Å². The van der Waals surface area contributed by atoms with E-state index in [1.807, 2.05) is 12.3 Å². The highest BCUT2D eigenvalue weighted by atomic mass is 32.1. The molecule has 0 aliphatic carbocycles. The first-order chi connectivity index (χ1) is 8.22. The van der Waals surface area contributed by atoms with Crippen molar-refractivity contribution in [2.75, 3.05) is 26.4 Å². The van der Waals surface area contributed by atoms with Crippen molar-refractivity contribution >= 4 is 17.2 Å². The van der Waals surface area contributed by atoms with Crippen LogP contribution in [0.2, 0.25) is 0 Å². The van der Waals surface area contributed by atoms with E-state index in [2.05, 4.69) is 10.3 Å². The standard InChI is InChI=1S/C11H18N2O3S/c1-9-13-10(8-17-9)7-11(15)12-3-2-5-16-6-4-14/h8,14H,2-7H2,1H3,(H,12,15). The highest BCUT2D eigenvalue weighted by Gasteiger charge is 2.05. The molecular weight excluding hydrogens is 240 g/mol. The molecule has 6 heteroatoms. The molecule has 1 aromatic rings. The Kier molecular flexibility index (Phi) is 6.76. The molecule has 0 atom stereocenters. The van der Waals surface area contributed by atoms with Crippen molar-refractivity contribution in [3.05, 3.63) is 16.1 Å². The molecule has 1 amide bonds. The van der Waals surface area contributed by atoms with E-state index in [0.29, 0.717) is 26.2 Å². The van der Waals surface area contributed by atoms with Crippen LogP contribution in [0.4, 0.5) is 0 Å². The number of carbonyl (C=O) groups is 1. The van der Waals surface area contributed by atoms with Crippen LogP contribution in [-0.4, -0.2) is 42.4 Å². The number of ether oxygens (including phenoxy) is 1. The SMILES string of the molecule is Cc1nc(CC(=O)NCCCOCCO)cs1. The zero-order valence-corrected chi connectivity index (χ0v) is 10.8. The first-order valence-corrected chi connectivity index (χ1v) is 6.46. The highest BCUT2D eigenvalue weighted by Crippen LogP contribution is 2.07. The van der Waals surface area contributed by atoms with Crippen LogP contribution in [0.1, 0.15) is 17.1 Å². The molecule has 1 aromatic heterocycles. The van der Waals surface area contributed by atoms with Crippen LogP contribution in [0.5, 0.6) is 0 Å². The number of nitrogens with one attached hydrogen (secondary N) is 1. The molecule has 0 fully saturated rings. The predicted molar refractivity (Wildman–Crippen MR) is 66.1 cm³/mol. The lowest BCUT2D eigenvalue weighted by Crippen LogP contribution is -2.27. The molecule has 0 bridgehead atoms. The van der Waals surface area contributed by atoms with Gasteiger partial charge in [-0.1, -0.05) is 0 Å². The van der Waals surface area contributed by atoms with E-state index in [1.165, 1.54) is 0 Å². The summed E-state index contributed by atoms with van der Waals surface area (Å²) in [6, 6.07) is 0. The zero-order valence-electron chi connectivity index (χ0n) is 9.94. The average molecular weight is 258 g/mol. The van der Waals surface area contributed by atoms with Gasteiger partial charge in [-0.2, -0.15) is 0 Å². The summed E-state index contributed by atoms with van der Waals surface area (Å²) in [4.78, 5) is 15.7. The Morgan fingerprint density at radius 3 is 3.06 bits per heavy atom. The highest BCUT2D eigenvalue weighted by molar-refractivity contribution is 7.09. The lowest BCUT2D eigenvalue weighted by Gasteiger charge is -2.04. The van der Waals surface area contributed by atoms with Gasteiger partial charge >= 0.3 is 0 Å². The minimum Gasteiger partial charge on any atom is -0.394 e. The fourth-order valence-corrected chi connectivity index (χ4v) is 1.90. The topological polar surface area (TPSA) is 71.5 Å². The summed E-state index contributed by atoms with van der Waals surface area (Å²) < 4.78 is 5.07. The third-order valence-electron chi connectivity index (χ3n) is 2.03.